The number of aromatic nitrogens is 1. The summed E-state index contributed by atoms with van der Waals surface area (Å²) in [6.45, 7) is 4.29. The minimum absolute atomic E-state index is 0.0262. The van der Waals surface area contributed by atoms with E-state index in [1.54, 1.807) is 23.1 Å². The summed E-state index contributed by atoms with van der Waals surface area (Å²) in [5, 5.41) is 4.94. The Kier molecular flexibility index (Phi) is 7.69. The van der Waals surface area contributed by atoms with E-state index in [-0.39, 0.29) is 5.91 Å². The normalized spacial score (nSPS) is 10.8. The number of thioether (sulfide) groups is 1. The molecule has 3 aromatic rings. The standard InChI is InChI=1S/C23H26N2OS2/c1-3-4-5-18-10-12-20(13-11-18)24-22(26)14-21-16-28-23(25-21)27-15-19-8-6-17(2)7-9-19/h6-13,16H,3-5,14-15H2,1-2H3,(H,24,26). The highest BCUT2D eigenvalue weighted by Gasteiger charge is 2.09. The summed E-state index contributed by atoms with van der Waals surface area (Å²) >= 11 is 3.32. The molecule has 1 amide bonds. The molecule has 28 heavy (non-hydrogen) atoms. The Morgan fingerprint density at radius 1 is 1.07 bits per heavy atom. The van der Waals surface area contributed by atoms with Gasteiger partial charge in [-0.2, -0.15) is 0 Å². The molecule has 3 rings (SSSR count). The third kappa shape index (κ3) is 6.50. The summed E-state index contributed by atoms with van der Waals surface area (Å²) in [7, 11) is 0. The first-order valence-electron chi connectivity index (χ1n) is 9.64. The van der Waals surface area contributed by atoms with Gasteiger partial charge in [-0.15, -0.1) is 11.3 Å². The molecule has 5 heteroatoms. The van der Waals surface area contributed by atoms with Crippen molar-refractivity contribution < 1.29 is 4.79 Å². The summed E-state index contributed by atoms with van der Waals surface area (Å²) in [6, 6.07) is 16.7. The summed E-state index contributed by atoms with van der Waals surface area (Å²) in [5.41, 5.74) is 5.54. The van der Waals surface area contributed by atoms with E-state index in [4.69, 9.17) is 0 Å². The number of amides is 1. The van der Waals surface area contributed by atoms with Gasteiger partial charge < -0.3 is 5.32 Å². The Morgan fingerprint density at radius 3 is 2.50 bits per heavy atom. The summed E-state index contributed by atoms with van der Waals surface area (Å²) in [6.07, 6.45) is 3.78. The second-order valence-electron chi connectivity index (χ2n) is 6.90. The fraction of sp³-hybridized carbons (Fsp3) is 0.304. The number of hydrogen-bond acceptors (Lipinski definition) is 4. The van der Waals surface area contributed by atoms with Crippen molar-refractivity contribution in [3.05, 3.63) is 76.3 Å². The topological polar surface area (TPSA) is 42.0 Å². The summed E-state index contributed by atoms with van der Waals surface area (Å²) < 4.78 is 1.00. The van der Waals surface area contributed by atoms with E-state index in [9.17, 15) is 4.79 Å². The average molecular weight is 411 g/mol. The van der Waals surface area contributed by atoms with Crippen LogP contribution in [0, 0.1) is 6.92 Å². The van der Waals surface area contributed by atoms with Crippen LogP contribution in [0.25, 0.3) is 0 Å². The smallest absolute Gasteiger partial charge is 0.230 e. The van der Waals surface area contributed by atoms with Crippen molar-refractivity contribution in [1.82, 2.24) is 4.98 Å². The highest BCUT2D eigenvalue weighted by molar-refractivity contribution is 8.00. The van der Waals surface area contributed by atoms with E-state index in [0.717, 1.165) is 27.9 Å². The van der Waals surface area contributed by atoms with Crippen LogP contribution in [0.2, 0.25) is 0 Å². The van der Waals surface area contributed by atoms with Crippen molar-refractivity contribution >= 4 is 34.7 Å². The van der Waals surface area contributed by atoms with Gasteiger partial charge in [0, 0.05) is 16.8 Å². The molecular weight excluding hydrogens is 384 g/mol. The van der Waals surface area contributed by atoms with Crippen LogP contribution in [-0.4, -0.2) is 10.9 Å². The minimum Gasteiger partial charge on any atom is -0.326 e. The predicted octanol–water partition coefficient (Wildman–Crippen LogP) is 6.27. The molecule has 1 heterocycles. The Labute approximate surface area is 175 Å². The number of unbranched alkanes of at least 4 members (excludes halogenated alkanes) is 1. The molecular formula is C23H26N2OS2. The molecule has 2 aromatic carbocycles. The van der Waals surface area contributed by atoms with Crippen molar-refractivity contribution in [2.75, 3.05) is 5.32 Å². The zero-order chi connectivity index (χ0) is 19.8. The molecule has 0 spiro atoms. The molecule has 0 fully saturated rings. The van der Waals surface area contributed by atoms with Crippen LogP contribution in [0.4, 0.5) is 5.69 Å². The Balaban J connectivity index is 1.47. The zero-order valence-corrected chi connectivity index (χ0v) is 18.0. The van der Waals surface area contributed by atoms with Crippen LogP contribution >= 0.6 is 23.1 Å². The molecule has 0 saturated carbocycles. The first-order valence-corrected chi connectivity index (χ1v) is 11.5. The zero-order valence-electron chi connectivity index (χ0n) is 16.4. The molecule has 0 bridgehead atoms. The third-order valence-electron chi connectivity index (χ3n) is 4.41. The first kappa shape index (κ1) is 20.6. The van der Waals surface area contributed by atoms with Crippen molar-refractivity contribution in [3.63, 3.8) is 0 Å². The van der Waals surface area contributed by atoms with Crippen molar-refractivity contribution in [2.24, 2.45) is 0 Å². The lowest BCUT2D eigenvalue weighted by Gasteiger charge is -2.06. The number of anilines is 1. The number of nitrogens with one attached hydrogen (secondary N) is 1. The molecule has 146 valence electrons. The number of carbonyl (C=O) groups excluding carboxylic acids is 1. The number of nitrogens with zero attached hydrogens (tertiary/aromatic N) is 1. The molecule has 0 aliphatic heterocycles. The predicted molar refractivity (Wildman–Crippen MR) is 120 cm³/mol. The lowest BCUT2D eigenvalue weighted by Crippen LogP contribution is -2.14. The molecule has 0 aliphatic carbocycles. The van der Waals surface area contributed by atoms with Crippen LogP contribution in [0.1, 0.15) is 42.1 Å². The van der Waals surface area contributed by atoms with Crippen LogP contribution in [-0.2, 0) is 23.4 Å². The van der Waals surface area contributed by atoms with Gasteiger partial charge in [0.15, 0.2) is 0 Å². The minimum atomic E-state index is -0.0262. The van der Waals surface area contributed by atoms with Gasteiger partial charge in [0.05, 0.1) is 12.1 Å². The van der Waals surface area contributed by atoms with Gasteiger partial charge >= 0.3 is 0 Å². The van der Waals surface area contributed by atoms with Gasteiger partial charge in [0.1, 0.15) is 4.34 Å². The lowest BCUT2D eigenvalue weighted by molar-refractivity contribution is -0.115. The number of thiazole rings is 1. The maximum atomic E-state index is 12.3. The Hall–Kier alpha value is -2.11. The van der Waals surface area contributed by atoms with Crippen LogP contribution in [0.5, 0.6) is 0 Å². The van der Waals surface area contributed by atoms with Crippen LogP contribution in [0.3, 0.4) is 0 Å². The van der Waals surface area contributed by atoms with E-state index >= 15 is 0 Å². The van der Waals surface area contributed by atoms with Crippen LogP contribution < -0.4 is 5.32 Å². The highest BCUT2D eigenvalue weighted by atomic mass is 32.2. The monoisotopic (exact) mass is 410 g/mol. The van der Waals surface area contributed by atoms with Gasteiger partial charge in [-0.25, -0.2) is 4.98 Å². The van der Waals surface area contributed by atoms with Crippen molar-refractivity contribution in [2.45, 2.75) is 49.6 Å². The Bertz CT molecular complexity index is 886. The second kappa shape index (κ2) is 10.4. The van der Waals surface area contributed by atoms with Crippen LogP contribution in [0.15, 0.2) is 58.3 Å². The van der Waals surface area contributed by atoms with Gasteiger partial charge in [0.25, 0.3) is 0 Å². The molecule has 0 unspecified atom stereocenters. The van der Waals surface area contributed by atoms with Gasteiger partial charge in [0.2, 0.25) is 5.91 Å². The molecule has 1 N–H and O–H groups in total. The second-order valence-corrected chi connectivity index (χ2v) is 8.99. The Morgan fingerprint density at radius 2 is 1.79 bits per heavy atom. The molecule has 0 saturated heterocycles. The lowest BCUT2D eigenvalue weighted by atomic mass is 10.1. The highest BCUT2D eigenvalue weighted by Crippen LogP contribution is 2.26. The maximum Gasteiger partial charge on any atom is 0.230 e. The largest absolute Gasteiger partial charge is 0.326 e. The van der Waals surface area contributed by atoms with Crippen molar-refractivity contribution in [1.29, 1.82) is 0 Å². The quantitative estimate of drug-likeness (QED) is 0.423. The fourth-order valence-electron chi connectivity index (χ4n) is 2.77. The SMILES string of the molecule is CCCCc1ccc(NC(=O)Cc2csc(SCc3ccc(C)cc3)n2)cc1. The number of hydrogen-bond donors (Lipinski definition) is 1. The van der Waals surface area contributed by atoms with Gasteiger partial charge in [-0.1, -0.05) is 67.1 Å². The van der Waals surface area contributed by atoms with E-state index in [1.165, 1.54) is 29.5 Å². The molecule has 0 atom stereocenters. The van der Waals surface area contributed by atoms with Gasteiger partial charge in [-0.3, -0.25) is 4.79 Å². The fourth-order valence-corrected chi connectivity index (χ4v) is 4.57. The number of rotatable bonds is 9. The summed E-state index contributed by atoms with van der Waals surface area (Å²) in [5.74, 6) is 0.866. The van der Waals surface area contributed by atoms with E-state index in [2.05, 4.69) is 60.5 Å². The van der Waals surface area contributed by atoms with E-state index < -0.39 is 0 Å². The van der Waals surface area contributed by atoms with E-state index in [1.807, 2.05) is 17.5 Å². The molecule has 1 aromatic heterocycles. The van der Waals surface area contributed by atoms with Crippen molar-refractivity contribution in [3.8, 4) is 0 Å². The third-order valence-corrected chi connectivity index (χ3v) is 6.55. The summed E-state index contributed by atoms with van der Waals surface area (Å²) in [4.78, 5) is 16.9. The average Bonchev–Trinajstić information content (AvgIpc) is 3.14. The molecule has 0 aliphatic rings. The number of aryl methyl sites for hydroxylation is 2. The van der Waals surface area contributed by atoms with Gasteiger partial charge in [-0.05, 0) is 43.0 Å². The maximum absolute atomic E-state index is 12.3. The number of benzene rings is 2. The number of carbonyl (C=O) groups is 1. The first-order chi connectivity index (χ1) is 13.6. The molecule has 0 radical (unpaired) electrons. The van der Waals surface area contributed by atoms with E-state index in [0.29, 0.717) is 6.42 Å². The molecule has 3 nitrogen and oxygen atoms in total.